The molecule has 0 saturated heterocycles. The lowest BCUT2D eigenvalue weighted by atomic mass is 9.95. The number of hydrogen-bond acceptors (Lipinski definition) is 5. The molecule has 9 heteroatoms. The summed E-state index contributed by atoms with van der Waals surface area (Å²) in [6, 6.07) is 13.7. The number of para-hydroxylation sites is 1. The summed E-state index contributed by atoms with van der Waals surface area (Å²) in [5.74, 6) is -0.353. The monoisotopic (exact) mass is 506 g/mol. The average Bonchev–Trinajstić information content (AvgIpc) is 2.91. The van der Waals surface area contributed by atoms with Crippen LogP contribution in [0.15, 0.2) is 58.1 Å². The molecule has 1 aromatic heterocycles. The van der Waals surface area contributed by atoms with Crippen molar-refractivity contribution in [3.8, 4) is 5.69 Å². The molecule has 4 rings (SSSR count). The molecule has 1 saturated carbocycles. The predicted octanol–water partition coefficient (Wildman–Crippen LogP) is 2.30. The van der Waals surface area contributed by atoms with Crippen molar-refractivity contribution in [3.05, 3.63) is 74.9 Å². The van der Waals surface area contributed by atoms with E-state index in [9.17, 15) is 19.2 Å². The van der Waals surface area contributed by atoms with Crippen molar-refractivity contribution in [2.45, 2.75) is 57.5 Å². The Bertz CT molecular complexity index is 1350. The Labute approximate surface area is 215 Å². The highest BCUT2D eigenvalue weighted by atomic mass is 16.5. The molecule has 1 heterocycles. The average molecular weight is 507 g/mol. The molecule has 0 radical (unpaired) electrons. The second-order valence-electron chi connectivity index (χ2n) is 9.47. The number of benzene rings is 2. The molecule has 3 aromatic rings. The fourth-order valence-corrected chi connectivity index (χ4v) is 4.82. The van der Waals surface area contributed by atoms with E-state index in [2.05, 4.69) is 10.6 Å². The number of ether oxygens (including phenoxy) is 1. The summed E-state index contributed by atoms with van der Waals surface area (Å²) in [6.45, 7) is 0.942. The summed E-state index contributed by atoms with van der Waals surface area (Å²) >= 11 is 0. The zero-order valence-corrected chi connectivity index (χ0v) is 21.2. The molecule has 1 fully saturated rings. The van der Waals surface area contributed by atoms with E-state index in [1.807, 2.05) is 0 Å². The molecule has 1 aliphatic carbocycles. The second kappa shape index (κ2) is 12.5. The topological polar surface area (TPSA) is 111 Å². The molecule has 196 valence electrons. The summed E-state index contributed by atoms with van der Waals surface area (Å²) in [7, 11) is 1.62. The van der Waals surface area contributed by atoms with Gasteiger partial charge in [-0.25, -0.2) is 9.36 Å². The van der Waals surface area contributed by atoms with Crippen molar-refractivity contribution in [3.63, 3.8) is 0 Å². The summed E-state index contributed by atoms with van der Waals surface area (Å²) in [5.41, 5.74) is 0.536. The summed E-state index contributed by atoms with van der Waals surface area (Å²) in [4.78, 5) is 51.9. The van der Waals surface area contributed by atoms with Gasteiger partial charge in [0.05, 0.1) is 23.0 Å². The first-order valence-electron chi connectivity index (χ1n) is 12.9. The molecular weight excluding hydrogens is 472 g/mol. The van der Waals surface area contributed by atoms with Crippen LogP contribution in [0.25, 0.3) is 16.6 Å². The first kappa shape index (κ1) is 26.3. The van der Waals surface area contributed by atoms with Crippen molar-refractivity contribution >= 4 is 22.7 Å². The number of carbonyl (C=O) groups excluding carboxylic acids is 2. The van der Waals surface area contributed by atoms with Gasteiger partial charge in [-0.1, -0.05) is 43.5 Å². The van der Waals surface area contributed by atoms with Crippen LogP contribution in [0.1, 0.15) is 44.1 Å². The Morgan fingerprint density at radius 3 is 2.43 bits per heavy atom. The van der Waals surface area contributed by atoms with Crippen molar-refractivity contribution < 1.29 is 14.3 Å². The number of aromatic nitrogens is 2. The van der Waals surface area contributed by atoms with E-state index in [-0.39, 0.29) is 30.8 Å². The Kier molecular flexibility index (Phi) is 8.90. The molecule has 37 heavy (non-hydrogen) atoms. The third-order valence-electron chi connectivity index (χ3n) is 6.73. The Morgan fingerprint density at radius 1 is 0.973 bits per heavy atom. The van der Waals surface area contributed by atoms with E-state index in [1.165, 1.54) is 11.0 Å². The molecule has 2 amide bonds. The zero-order valence-electron chi connectivity index (χ0n) is 21.2. The molecule has 0 bridgehead atoms. The first-order chi connectivity index (χ1) is 18.0. The van der Waals surface area contributed by atoms with Gasteiger partial charge in [0.2, 0.25) is 11.8 Å². The maximum absolute atomic E-state index is 13.5. The van der Waals surface area contributed by atoms with Gasteiger partial charge in [0, 0.05) is 26.3 Å². The Balaban J connectivity index is 1.58. The van der Waals surface area contributed by atoms with Gasteiger partial charge in [0.1, 0.15) is 6.54 Å². The minimum Gasteiger partial charge on any atom is -0.385 e. The van der Waals surface area contributed by atoms with E-state index in [4.69, 9.17) is 4.74 Å². The van der Waals surface area contributed by atoms with Crippen molar-refractivity contribution in [2.75, 3.05) is 20.3 Å². The summed E-state index contributed by atoms with van der Waals surface area (Å²) in [5, 5.41) is 6.24. The molecule has 0 atom stereocenters. The standard InChI is InChI=1S/C28H34N4O5/c1-37-17-7-16-29-25(33)18-20-12-14-22(15-13-20)32-27(35)23-10-5-6-11-24(23)31(28(32)36)19-26(34)30-21-8-3-2-4-9-21/h5-6,10-15,21H,2-4,7-9,16-19H2,1H3,(H,29,33)(H,30,34). The van der Waals surface area contributed by atoms with Crippen LogP contribution in [0.2, 0.25) is 0 Å². The maximum Gasteiger partial charge on any atom is 0.336 e. The normalized spacial score (nSPS) is 14.0. The number of amides is 2. The number of fused-ring (bicyclic) bond motifs is 1. The smallest absolute Gasteiger partial charge is 0.336 e. The number of methoxy groups -OCH3 is 1. The molecule has 1 aliphatic rings. The molecular formula is C28H34N4O5. The first-order valence-corrected chi connectivity index (χ1v) is 12.9. The predicted molar refractivity (Wildman–Crippen MR) is 142 cm³/mol. The summed E-state index contributed by atoms with van der Waals surface area (Å²) in [6.07, 6.45) is 6.16. The van der Waals surface area contributed by atoms with E-state index >= 15 is 0 Å². The maximum atomic E-state index is 13.5. The van der Waals surface area contributed by atoms with Gasteiger partial charge < -0.3 is 15.4 Å². The van der Waals surface area contributed by atoms with Gasteiger partial charge in [-0.2, -0.15) is 0 Å². The van der Waals surface area contributed by atoms with E-state index < -0.39 is 11.2 Å². The molecule has 0 unspecified atom stereocenters. The number of carbonyl (C=O) groups is 2. The molecule has 2 N–H and O–H groups in total. The minimum atomic E-state index is -0.578. The Hall–Kier alpha value is -3.72. The van der Waals surface area contributed by atoms with Crippen LogP contribution in [-0.2, 0) is 27.3 Å². The van der Waals surface area contributed by atoms with Gasteiger partial charge in [-0.05, 0) is 49.1 Å². The van der Waals surface area contributed by atoms with E-state index in [0.717, 1.165) is 42.2 Å². The van der Waals surface area contributed by atoms with Gasteiger partial charge >= 0.3 is 5.69 Å². The van der Waals surface area contributed by atoms with Gasteiger partial charge in [-0.15, -0.1) is 0 Å². The van der Waals surface area contributed by atoms with Gasteiger partial charge in [0.15, 0.2) is 0 Å². The highest BCUT2D eigenvalue weighted by Crippen LogP contribution is 2.17. The molecule has 9 nitrogen and oxygen atoms in total. The van der Waals surface area contributed by atoms with Crippen LogP contribution in [0.4, 0.5) is 0 Å². The lowest BCUT2D eigenvalue weighted by molar-refractivity contribution is -0.122. The largest absolute Gasteiger partial charge is 0.385 e. The molecule has 0 aliphatic heterocycles. The third kappa shape index (κ3) is 6.54. The highest BCUT2D eigenvalue weighted by molar-refractivity contribution is 5.82. The van der Waals surface area contributed by atoms with E-state index in [0.29, 0.717) is 29.7 Å². The lowest BCUT2D eigenvalue weighted by Gasteiger charge is -2.23. The van der Waals surface area contributed by atoms with Crippen molar-refractivity contribution in [1.29, 1.82) is 0 Å². The van der Waals surface area contributed by atoms with Gasteiger partial charge in [0.25, 0.3) is 5.56 Å². The zero-order chi connectivity index (χ0) is 26.2. The van der Waals surface area contributed by atoms with Crippen molar-refractivity contribution in [2.24, 2.45) is 0 Å². The number of hydrogen-bond donors (Lipinski definition) is 2. The lowest BCUT2D eigenvalue weighted by Crippen LogP contribution is -2.44. The fraction of sp³-hybridized carbons (Fsp3) is 0.429. The second-order valence-corrected chi connectivity index (χ2v) is 9.47. The number of nitrogens with one attached hydrogen (secondary N) is 2. The van der Waals surface area contributed by atoms with Crippen LogP contribution in [0.3, 0.4) is 0 Å². The third-order valence-corrected chi connectivity index (χ3v) is 6.73. The van der Waals surface area contributed by atoms with Crippen LogP contribution in [0.5, 0.6) is 0 Å². The van der Waals surface area contributed by atoms with Crippen LogP contribution < -0.4 is 21.9 Å². The fourth-order valence-electron chi connectivity index (χ4n) is 4.82. The van der Waals surface area contributed by atoms with E-state index in [1.54, 1.807) is 55.6 Å². The molecule has 2 aromatic carbocycles. The summed E-state index contributed by atoms with van der Waals surface area (Å²) < 4.78 is 7.42. The highest BCUT2D eigenvalue weighted by Gasteiger charge is 2.19. The quantitative estimate of drug-likeness (QED) is 0.410. The van der Waals surface area contributed by atoms with Crippen LogP contribution >= 0.6 is 0 Å². The van der Waals surface area contributed by atoms with Crippen LogP contribution in [-0.4, -0.2) is 47.3 Å². The van der Waals surface area contributed by atoms with Crippen molar-refractivity contribution in [1.82, 2.24) is 19.8 Å². The number of nitrogens with zero attached hydrogens (tertiary/aromatic N) is 2. The van der Waals surface area contributed by atoms with Crippen LogP contribution in [0, 0.1) is 0 Å². The molecule has 0 spiro atoms. The Morgan fingerprint density at radius 2 is 1.70 bits per heavy atom. The van der Waals surface area contributed by atoms with Gasteiger partial charge in [-0.3, -0.25) is 19.0 Å². The SMILES string of the molecule is COCCCNC(=O)Cc1ccc(-n2c(=O)c3ccccc3n(CC(=O)NC3CCCCC3)c2=O)cc1. The number of rotatable bonds is 10. The minimum absolute atomic E-state index is 0.113.